The first-order chi connectivity index (χ1) is 14.6. The van der Waals surface area contributed by atoms with Gasteiger partial charge in [0.2, 0.25) is 11.8 Å². The van der Waals surface area contributed by atoms with Crippen molar-refractivity contribution in [2.24, 2.45) is 5.92 Å². The van der Waals surface area contributed by atoms with E-state index in [1.807, 2.05) is 12.1 Å². The highest BCUT2D eigenvalue weighted by Gasteiger charge is 2.33. The van der Waals surface area contributed by atoms with Crippen LogP contribution in [-0.2, 0) is 19.1 Å². The van der Waals surface area contributed by atoms with E-state index in [1.165, 1.54) is 0 Å². The Morgan fingerprint density at radius 1 is 1.20 bits per heavy atom. The molecule has 156 valence electrons. The number of nitrogens with one attached hydrogen (secondary N) is 2. The molecule has 30 heavy (non-hydrogen) atoms. The van der Waals surface area contributed by atoms with E-state index in [4.69, 9.17) is 14.0 Å². The molecule has 0 bridgehead atoms. The summed E-state index contributed by atoms with van der Waals surface area (Å²) in [4.78, 5) is 28.6. The number of benzene rings is 1. The highest BCUT2D eigenvalue weighted by molar-refractivity contribution is 6.12. The minimum atomic E-state index is -0.464. The van der Waals surface area contributed by atoms with Crippen LogP contribution >= 0.6 is 0 Å². The maximum absolute atomic E-state index is 12.5. The van der Waals surface area contributed by atoms with Crippen molar-refractivity contribution >= 4 is 39.3 Å². The number of fused-ring (bicyclic) bond motifs is 3. The molecule has 2 amide bonds. The van der Waals surface area contributed by atoms with Gasteiger partial charge in [0.1, 0.15) is 0 Å². The lowest BCUT2D eigenvalue weighted by Gasteiger charge is -2.19. The standard InChI is InChI=1S/C22H23N3O5/c1-28-22(29-2)12-4-3-11(9-12)15-10-16-13(7-8-23-16)18-19(25-30-20(15)18)14-5-6-17(26)24-21(14)27/h7-10,12,14,22,25H,3-6H2,1-2H3,(H,24,26,27)/t12-,14?/m1/s1. The fraction of sp³-hybridized carbons (Fsp3) is 0.409. The molecule has 2 atom stereocenters. The van der Waals surface area contributed by atoms with Crippen LogP contribution in [-0.4, -0.2) is 42.5 Å². The number of nitrogens with zero attached hydrogens (tertiary/aromatic N) is 1. The SMILES string of the molecule is COC(OC)[C@H]1C=C(c2cc3nccc3c3c(C4CCC(=O)NC4=O)[nH]oc23)CC1. The minimum absolute atomic E-state index is 0.155. The molecule has 0 radical (unpaired) electrons. The second-order valence-electron chi connectivity index (χ2n) is 7.86. The van der Waals surface area contributed by atoms with Gasteiger partial charge in [0, 0.05) is 43.7 Å². The number of carbonyl (C=O) groups excluding carboxylic acids is 2. The topological polar surface area (TPSA) is 106 Å². The van der Waals surface area contributed by atoms with Crippen LogP contribution in [0.15, 0.2) is 28.9 Å². The van der Waals surface area contributed by atoms with E-state index in [-0.39, 0.29) is 24.0 Å². The van der Waals surface area contributed by atoms with Gasteiger partial charge in [0.05, 0.1) is 22.5 Å². The van der Waals surface area contributed by atoms with Crippen molar-refractivity contribution < 1.29 is 23.6 Å². The van der Waals surface area contributed by atoms with E-state index in [9.17, 15) is 9.59 Å². The lowest BCUT2D eigenvalue weighted by molar-refractivity contribution is -0.134. The zero-order valence-electron chi connectivity index (χ0n) is 16.9. The normalized spacial score (nSPS) is 22.3. The predicted octanol–water partition coefficient (Wildman–Crippen LogP) is 3.24. The van der Waals surface area contributed by atoms with Crippen molar-refractivity contribution in [2.45, 2.75) is 37.9 Å². The monoisotopic (exact) mass is 409 g/mol. The van der Waals surface area contributed by atoms with E-state index >= 15 is 0 Å². The predicted molar refractivity (Wildman–Crippen MR) is 109 cm³/mol. The van der Waals surface area contributed by atoms with Crippen molar-refractivity contribution in [3.8, 4) is 0 Å². The molecule has 8 nitrogen and oxygen atoms in total. The second-order valence-corrected chi connectivity index (χ2v) is 7.86. The molecule has 1 saturated heterocycles. The number of ether oxygens (including phenoxy) is 2. The molecule has 0 spiro atoms. The van der Waals surface area contributed by atoms with E-state index in [0.29, 0.717) is 24.1 Å². The first-order valence-electron chi connectivity index (χ1n) is 10.1. The number of hydrogen-bond acceptors (Lipinski definition) is 6. The molecule has 1 aromatic carbocycles. The van der Waals surface area contributed by atoms with Crippen molar-refractivity contribution in [1.29, 1.82) is 0 Å². The number of rotatable bonds is 5. The number of carbonyl (C=O) groups is 2. The Labute approximate surface area is 172 Å². The third-order valence-corrected chi connectivity index (χ3v) is 6.20. The number of aromatic amines is 1. The van der Waals surface area contributed by atoms with Crippen molar-refractivity contribution in [1.82, 2.24) is 15.5 Å². The molecular formula is C22H23N3O5. The number of piperidine rings is 1. The van der Waals surface area contributed by atoms with Gasteiger partial charge in [-0.15, -0.1) is 0 Å². The molecule has 2 N–H and O–H groups in total. The van der Waals surface area contributed by atoms with Crippen LogP contribution in [0.5, 0.6) is 0 Å². The average Bonchev–Trinajstić information content (AvgIpc) is 3.47. The second kappa shape index (κ2) is 7.37. The number of hydrogen-bond donors (Lipinski definition) is 2. The van der Waals surface area contributed by atoms with Crippen molar-refractivity contribution in [3.63, 3.8) is 0 Å². The number of H-pyrrole nitrogens is 1. The summed E-state index contributed by atoms with van der Waals surface area (Å²) in [5.41, 5.74) is 4.34. The van der Waals surface area contributed by atoms with Gasteiger partial charge in [-0.3, -0.25) is 19.9 Å². The third-order valence-electron chi connectivity index (χ3n) is 6.20. The lowest BCUT2D eigenvalue weighted by Crippen LogP contribution is -2.39. The highest BCUT2D eigenvalue weighted by Crippen LogP contribution is 2.42. The number of imide groups is 1. The molecule has 3 aromatic rings. The quantitative estimate of drug-likeness (QED) is 0.495. The Balaban J connectivity index is 1.64. The van der Waals surface area contributed by atoms with E-state index in [1.54, 1.807) is 20.4 Å². The summed E-state index contributed by atoms with van der Waals surface area (Å²) in [6.07, 6.45) is 6.18. The molecule has 0 saturated carbocycles. The van der Waals surface area contributed by atoms with Crippen LogP contribution in [0.1, 0.15) is 42.9 Å². The van der Waals surface area contributed by atoms with Gasteiger partial charge in [0.15, 0.2) is 11.9 Å². The zero-order valence-corrected chi connectivity index (χ0v) is 16.9. The molecule has 5 rings (SSSR count). The number of allylic oxidation sites excluding steroid dienone is 1. The maximum atomic E-state index is 12.5. The first kappa shape index (κ1) is 19.0. The Bertz CT molecular complexity index is 1170. The molecule has 3 heterocycles. The molecule has 8 heteroatoms. The lowest BCUT2D eigenvalue weighted by atomic mass is 9.90. The molecule has 1 fully saturated rings. The van der Waals surface area contributed by atoms with Gasteiger partial charge in [-0.1, -0.05) is 6.08 Å². The summed E-state index contributed by atoms with van der Waals surface area (Å²) in [7, 11) is 3.29. The first-order valence-corrected chi connectivity index (χ1v) is 10.1. The Morgan fingerprint density at radius 2 is 2.03 bits per heavy atom. The molecule has 2 aromatic heterocycles. The fourth-order valence-corrected chi connectivity index (χ4v) is 4.75. The summed E-state index contributed by atoms with van der Waals surface area (Å²) in [5, 5.41) is 7.20. The van der Waals surface area contributed by atoms with Crippen LogP contribution in [0.25, 0.3) is 27.4 Å². The van der Waals surface area contributed by atoms with Crippen LogP contribution < -0.4 is 5.32 Å². The van der Waals surface area contributed by atoms with E-state index in [2.05, 4.69) is 21.5 Å². The van der Waals surface area contributed by atoms with Crippen LogP contribution in [0.4, 0.5) is 0 Å². The Kier molecular flexibility index (Phi) is 4.67. The van der Waals surface area contributed by atoms with Crippen molar-refractivity contribution in [3.05, 3.63) is 35.7 Å². The minimum Gasteiger partial charge on any atom is -0.381 e. The maximum Gasteiger partial charge on any atom is 0.235 e. The molecule has 1 aliphatic heterocycles. The third kappa shape index (κ3) is 2.95. The Morgan fingerprint density at radius 3 is 2.80 bits per heavy atom. The van der Waals surface area contributed by atoms with Gasteiger partial charge in [-0.05, 0) is 37.0 Å². The Hall–Kier alpha value is -2.97. The highest BCUT2D eigenvalue weighted by atomic mass is 16.7. The van der Waals surface area contributed by atoms with Crippen molar-refractivity contribution in [2.75, 3.05) is 14.2 Å². The summed E-state index contributed by atoms with van der Waals surface area (Å²) >= 11 is 0. The summed E-state index contributed by atoms with van der Waals surface area (Å²) in [6, 6.07) is 3.96. The van der Waals surface area contributed by atoms with E-state index in [0.717, 1.165) is 40.3 Å². The van der Waals surface area contributed by atoms with Crippen LogP contribution in [0.2, 0.25) is 0 Å². The average molecular weight is 409 g/mol. The van der Waals surface area contributed by atoms with Gasteiger partial charge in [0.25, 0.3) is 0 Å². The molecule has 1 unspecified atom stereocenters. The smallest absolute Gasteiger partial charge is 0.235 e. The summed E-state index contributed by atoms with van der Waals surface area (Å²) in [6.45, 7) is 0. The molecular weight excluding hydrogens is 386 g/mol. The summed E-state index contributed by atoms with van der Waals surface area (Å²) < 4.78 is 16.8. The number of methoxy groups -OCH3 is 2. The fourth-order valence-electron chi connectivity index (χ4n) is 4.75. The molecule has 2 aliphatic rings. The molecule has 1 aliphatic carbocycles. The van der Waals surface area contributed by atoms with Gasteiger partial charge in [-0.2, -0.15) is 0 Å². The largest absolute Gasteiger partial charge is 0.381 e. The van der Waals surface area contributed by atoms with Gasteiger partial charge >= 0.3 is 0 Å². The number of aromatic nitrogens is 2. The summed E-state index contributed by atoms with van der Waals surface area (Å²) in [5.74, 6) is -0.847. The van der Waals surface area contributed by atoms with E-state index < -0.39 is 5.92 Å². The van der Waals surface area contributed by atoms with Gasteiger partial charge < -0.3 is 14.0 Å². The van der Waals surface area contributed by atoms with Crippen LogP contribution in [0, 0.1) is 5.92 Å². The zero-order chi connectivity index (χ0) is 20.8. The van der Waals surface area contributed by atoms with Crippen LogP contribution in [0.3, 0.4) is 0 Å². The number of amides is 2. The van der Waals surface area contributed by atoms with Gasteiger partial charge in [-0.25, -0.2) is 5.16 Å².